The van der Waals surface area contributed by atoms with Gasteiger partial charge in [-0.15, -0.1) is 0 Å². The predicted octanol–water partition coefficient (Wildman–Crippen LogP) is 2.69. The molecule has 0 spiro atoms. The number of allylic oxidation sites excluding steroid dienone is 2. The molecule has 1 fully saturated rings. The van der Waals surface area contributed by atoms with E-state index in [2.05, 4.69) is 12.2 Å². The van der Waals surface area contributed by atoms with Gasteiger partial charge in [-0.2, -0.15) is 0 Å². The van der Waals surface area contributed by atoms with Crippen molar-refractivity contribution in [2.75, 3.05) is 7.11 Å². The van der Waals surface area contributed by atoms with Crippen molar-refractivity contribution in [2.45, 2.75) is 12.3 Å². The number of carboxylic acid groups (broad SMARTS) is 1. The summed E-state index contributed by atoms with van der Waals surface area (Å²) in [5, 5.41) is 9.46. The second-order valence-electron chi connectivity index (χ2n) is 5.08. The van der Waals surface area contributed by atoms with E-state index < -0.39 is 5.97 Å². The molecular formula is C15H16O3. The molecule has 3 nitrogen and oxygen atoms in total. The van der Waals surface area contributed by atoms with Crippen molar-refractivity contribution in [1.29, 1.82) is 0 Å². The lowest BCUT2D eigenvalue weighted by Gasteiger charge is -2.26. The van der Waals surface area contributed by atoms with Gasteiger partial charge in [0.25, 0.3) is 0 Å². The molecule has 2 bridgehead atoms. The number of benzene rings is 1. The van der Waals surface area contributed by atoms with Gasteiger partial charge in [-0.1, -0.05) is 30.4 Å². The molecule has 1 N–H and O–H groups in total. The number of para-hydroxylation sites is 1. The molecule has 1 saturated carbocycles. The highest BCUT2D eigenvalue weighted by molar-refractivity contribution is 5.74. The zero-order chi connectivity index (χ0) is 12.7. The Kier molecular flexibility index (Phi) is 2.62. The van der Waals surface area contributed by atoms with Gasteiger partial charge in [0.1, 0.15) is 5.75 Å². The maximum Gasteiger partial charge on any atom is 0.307 e. The molecule has 0 aromatic heterocycles. The number of aliphatic carboxylic acids is 1. The third-order valence-electron chi connectivity index (χ3n) is 4.24. The molecule has 0 saturated heterocycles. The van der Waals surface area contributed by atoms with Crippen LogP contribution in [0.4, 0.5) is 0 Å². The molecule has 18 heavy (non-hydrogen) atoms. The minimum atomic E-state index is -0.692. The molecule has 2 aliphatic carbocycles. The molecule has 4 unspecified atom stereocenters. The van der Waals surface area contributed by atoms with E-state index in [0.29, 0.717) is 5.92 Å². The number of methoxy groups -OCH3 is 1. The minimum absolute atomic E-state index is 0.0497. The Morgan fingerprint density at radius 1 is 1.28 bits per heavy atom. The van der Waals surface area contributed by atoms with Crippen LogP contribution in [0.2, 0.25) is 0 Å². The Morgan fingerprint density at radius 3 is 2.72 bits per heavy atom. The first-order chi connectivity index (χ1) is 8.72. The van der Waals surface area contributed by atoms with Crippen molar-refractivity contribution < 1.29 is 14.6 Å². The zero-order valence-electron chi connectivity index (χ0n) is 10.2. The van der Waals surface area contributed by atoms with E-state index in [1.165, 1.54) is 0 Å². The molecule has 4 atom stereocenters. The SMILES string of the molecule is COc1ccccc1C1C2C=CC(C2)C1C(=O)O. The van der Waals surface area contributed by atoms with Crippen LogP contribution in [0.5, 0.6) is 5.75 Å². The summed E-state index contributed by atoms with van der Waals surface area (Å²) < 4.78 is 5.38. The van der Waals surface area contributed by atoms with Crippen LogP contribution in [-0.4, -0.2) is 18.2 Å². The Balaban J connectivity index is 2.05. The Bertz CT molecular complexity index is 506. The molecule has 0 radical (unpaired) electrons. The number of ether oxygens (including phenoxy) is 1. The summed E-state index contributed by atoms with van der Waals surface area (Å²) >= 11 is 0. The van der Waals surface area contributed by atoms with Gasteiger partial charge in [-0.05, 0) is 29.9 Å². The average Bonchev–Trinajstić information content (AvgIpc) is 2.98. The topological polar surface area (TPSA) is 46.5 Å². The smallest absolute Gasteiger partial charge is 0.307 e. The summed E-state index contributed by atoms with van der Waals surface area (Å²) in [6.07, 6.45) is 5.19. The van der Waals surface area contributed by atoms with Crippen LogP contribution in [0.3, 0.4) is 0 Å². The third kappa shape index (κ3) is 1.54. The van der Waals surface area contributed by atoms with Crippen molar-refractivity contribution >= 4 is 5.97 Å². The lowest BCUT2D eigenvalue weighted by Crippen LogP contribution is -2.26. The average molecular weight is 244 g/mol. The second kappa shape index (κ2) is 4.16. The first-order valence-corrected chi connectivity index (χ1v) is 6.26. The maximum absolute atomic E-state index is 11.5. The van der Waals surface area contributed by atoms with E-state index in [1.54, 1.807) is 7.11 Å². The van der Waals surface area contributed by atoms with Crippen LogP contribution in [0, 0.1) is 17.8 Å². The minimum Gasteiger partial charge on any atom is -0.496 e. The standard InChI is InChI=1S/C15H16O3/c1-18-12-5-3-2-4-11(12)13-9-6-7-10(8-9)14(13)15(16)17/h2-7,9-10,13-14H,8H2,1H3,(H,16,17). The van der Waals surface area contributed by atoms with Gasteiger partial charge in [-0.25, -0.2) is 0 Å². The lowest BCUT2D eigenvalue weighted by molar-refractivity contribution is -0.143. The van der Waals surface area contributed by atoms with Crippen LogP contribution in [0.25, 0.3) is 0 Å². The zero-order valence-corrected chi connectivity index (χ0v) is 10.2. The van der Waals surface area contributed by atoms with Crippen molar-refractivity contribution in [2.24, 2.45) is 17.8 Å². The number of carboxylic acids is 1. The first kappa shape index (κ1) is 11.3. The quantitative estimate of drug-likeness (QED) is 0.831. The van der Waals surface area contributed by atoms with Crippen LogP contribution < -0.4 is 4.74 Å². The van der Waals surface area contributed by atoms with E-state index in [1.807, 2.05) is 24.3 Å². The Morgan fingerprint density at radius 2 is 2.00 bits per heavy atom. The van der Waals surface area contributed by atoms with Crippen molar-refractivity contribution in [3.63, 3.8) is 0 Å². The van der Waals surface area contributed by atoms with Gasteiger partial charge in [0.05, 0.1) is 13.0 Å². The summed E-state index contributed by atoms with van der Waals surface area (Å²) in [5.74, 6) is 0.372. The second-order valence-corrected chi connectivity index (χ2v) is 5.08. The van der Waals surface area contributed by atoms with Crippen LogP contribution in [0.15, 0.2) is 36.4 Å². The van der Waals surface area contributed by atoms with Gasteiger partial charge in [0.15, 0.2) is 0 Å². The van der Waals surface area contributed by atoms with E-state index in [0.717, 1.165) is 17.7 Å². The molecular weight excluding hydrogens is 228 g/mol. The molecule has 94 valence electrons. The normalized spacial score (nSPS) is 32.7. The fraction of sp³-hybridized carbons (Fsp3) is 0.400. The summed E-state index contributed by atoms with van der Waals surface area (Å²) in [6.45, 7) is 0. The lowest BCUT2D eigenvalue weighted by atomic mass is 9.78. The van der Waals surface area contributed by atoms with E-state index in [-0.39, 0.29) is 17.8 Å². The number of fused-ring (bicyclic) bond motifs is 2. The molecule has 1 aromatic rings. The highest BCUT2D eigenvalue weighted by Crippen LogP contribution is 2.54. The van der Waals surface area contributed by atoms with E-state index in [9.17, 15) is 9.90 Å². The summed E-state index contributed by atoms with van der Waals surface area (Å²) in [5.41, 5.74) is 1.03. The molecule has 2 aliphatic rings. The fourth-order valence-corrected chi connectivity index (χ4v) is 3.52. The highest BCUT2D eigenvalue weighted by Gasteiger charge is 2.49. The summed E-state index contributed by atoms with van der Waals surface area (Å²) in [4.78, 5) is 11.5. The van der Waals surface area contributed by atoms with Crippen molar-refractivity contribution in [1.82, 2.24) is 0 Å². The summed E-state index contributed by atoms with van der Waals surface area (Å²) in [6, 6.07) is 7.77. The van der Waals surface area contributed by atoms with Gasteiger partial charge in [-0.3, -0.25) is 4.79 Å². The van der Waals surface area contributed by atoms with Gasteiger partial charge in [0.2, 0.25) is 0 Å². The number of carbonyl (C=O) groups is 1. The molecule has 0 aliphatic heterocycles. The van der Waals surface area contributed by atoms with Crippen LogP contribution >= 0.6 is 0 Å². The van der Waals surface area contributed by atoms with Gasteiger partial charge in [0, 0.05) is 5.92 Å². The van der Waals surface area contributed by atoms with Gasteiger partial charge >= 0.3 is 5.97 Å². The van der Waals surface area contributed by atoms with Crippen LogP contribution in [0.1, 0.15) is 17.9 Å². The molecule has 3 heteroatoms. The predicted molar refractivity (Wildman–Crippen MR) is 67.6 cm³/mol. The molecule has 0 heterocycles. The number of rotatable bonds is 3. The number of hydrogen-bond acceptors (Lipinski definition) is 2. The first-order valence-electron chi connectivity index (χ1n) is 6.26. The third-order valence-corrected chi connectivity index (χ3v) is 4.24. The van der Waals surface area contributed by atoms with Crippen LogP contribution in [-0.2, 0) is 4.79 Å². The largest absolute Gasteiger partial charge is 0.496 e. The van der Waals surface area contributed by atoms with Gasteiger partial charge < -0.3 is 9.84 Å². The Labute approximate surface area is 106 Å². The highest BCUT2D eigenvalue weighted by atomic mass is 16.5. The monoisotopic (exact) mass is 244 g/mol. The van der Waals surface area contributed by atoms with E-state index in [4.69, 9.17) is 4.74 Å². The van der Waals surface area contributed by atoms with Crippen molar-refractivity contribution in [3.8, 4) is 5.75 Å². The molecule has 3 rings (SSSR count). The summed E-state index contributed by atoms with van der Waals surface area (Å²) in [7, 11) is 1.64. The fourth-order valence-electron chi connectivity index (χ4n) is 3.52. The maximum atomic E-state index is 11.5. The molecule has 1 aromatic carbocycles. The Hall–Kier alpha value is -1.77. The number of hydrogen-bond donors (Lipinski definition) is 1. The molecule has 0 amide bonds. The van der Waals surface area contributed by atoms with E-state index >= 15 is 0 Å². The van der Waals surface area contributed by atoms with Crippen molar-refractivity contribution in [3.05, 3.63) is 42.0 Å².